The molecule has 0 saturated carbocycles. The lowest BCUT2D eigenvalue weighted by Crippen LogP contribution is -2.10. The first-order valence-corrected chi connectivity index (χ1v) is 10.5. The summed E-state index contributed by atoms with van der Waals surface area (Å²) < 4.78 is 6.57. The van der Waals surface area contributed by atoms with Gasteiger partial charge in [0.05, 0.1) is 0 Å². The van der Waals surface area contributed by atoms with E-state index in [4.69, 9.17) is 4.42 Å². The molecule has 6 aromatic rings. The molecule has 146 valence electrons. The fourth-order valence-electron chi connectivity index (χ4n) is 4.65. The maximum atomic E-state index is 6.57. The maximum Gasteiger partial charge on any atom is 0.143 e. The molecule has 0 aliphatic carbocycles. The Hall–Kier alpha value is -3.52. The van der Waals surface area contributed by atoms with E-state index in [1.54, 1.807) is 0 Å². The van der Waals surface area contributed by atoms with Gasteiger partial charge in [-0.15, -0.1) is 0 Å². The van der Waals surface area contributed by atoms with Gasteiger partial charge in [0, 0.05) is 43.7 Å². The van der Waals surface area contributed by atoms with E-state index >= 15 is 0 Å². The normalized spacial score (nSPS) is 12.5. The molecule has 2 nitrogen and oxygen atoms in total. The van der Waals surface area contributed by atoms with Crippen LogP contribution in [0.25, 0.3) is 54.9 Å². The lowest BCUT2D eigenvalue weighted by molar-refractivity contribution is 0.573. The average molecular weight is 389 g/mol. The molecule has 2 heterocycles. The zero-order valence-corrected chi connectivity index (χ0v) is 17.4. The number of rotatable bonds is 1. The Bertz CT molecular complexity index is 1570. The second-order valence-electron chi connectivity index (χ2n) is 9.15. The van der Waals surface area contributed by atoms with E-state index in [-0.39, 0.29) is 5.41 Å². The fraction of sp³-hybridized carbons (Fsp3) is 0.143. The highest BCUT2D eigenvalue weighted by Gasteiger charge is 2.21. The summed E-state index contributed by atoms with van der Waals surface area (Å²) in [4.78, 5) is 3.52. The number of aromatic amines is 1. The molecule has 4 aromatic carbocycles. The summed E-state index contributed by atoms with van der Waals surface area (Å²) in [6, 6.07) is 28.1. The van der Waals surface area contributed by atoms with E-state index in [1.165, 1.54) is 38.2 Å². The average Bonchev–Trinajstić information content (AvgIpc) is 3.30. The molecular formula is C28H23NO. The van der Waals surface area contributed by atoms with E-state index in [0.717, 1.165) is 22.2 Å². The molecule has 0 saturated heterocycles. The molecule has 30 heavy (non-hydrogen) atoms. The fourth-order valence-corrected chi connectivity index (χ4v) is 4.65. The Labute approximate surface area is 175 Å². The van der Waals surface area contributed by atoms with Gasteiger partial charge in [0.1, 0.15) is 11.2 Å². The quantitative estimate of drug-likeness (QED) is 0.302. The third kappa shape index (κ3) is 2.43. The monoisotopic (exact) mass is 389 g/mol. The number of nitrogens with one attached hydrogen (secondary N) is 1. The highest BCUT2D eigenvalue weighted by atomic mass is 16.3. The molecular weight excluding hydrogens is 366 g/mol. The van der Waals surface area contributed by atoms with Crippen molar-refractivity contribution in [2.45, 2.75) is 26.2 Å². The van der Waals surface area contributed by atoms with Crippen molar-refractivity contribution in [3.8, 4) is 11.1 Å². The molecule has 6 rings (SSSR count). The van der Waals surface area contributed by atoms with Gasteiger partial charge in [-0.25, -0.2) is 0 Å². The number of fused-ring (bicyclic) bond motifs is 6. The molecule has 0 bridgehead atoms. The molecule has 2 aromatic heterocycles. The first-order chi connectivity index (χ1) is 14.5. The molecule has 0 aliphatic rings. The van der Waals surface area contributed by atoms with E-state index < -0.39 is 0 Å². The van der Waals surface area contributed by atoms with Crippen LogP contribution in [0.15, 0.2) is 83.3 Å². The molecule has 0 unspecified atom stereocenters. The van der Waals surface area contributed by atoms with Crippen LogP contribution < -0.4 is 0 Å². The summed E-state index contributed by atoms with van der Waals surface area (Å²) in [5.41, 5.74) is 7.87. The van der Waals surface area contributed by atoms with Crippen LogP contribution in [0.3, 0.4) is 0 Å². The predicted octanol–water partition coefficient (Wildman–Crippen LogP) is 8.19. The zero-order chi connectivity index (χ0) is 20.5. The molecule has 0 fully saturated rings. The minimum atomic E-state index is 0.0243. The van der Waals surface area contributed by atoms with Crippen LogP contribution in [-0.2, 0) is 5.41 Å². The lowest BCUT2D eigenvalue weighted by atomic mass is 9.86. The molecule has 0 amide bonds. The smallest absolute Gasteiger partial charge is 0.143 e. The Morgan fingerprint density at radius 1 is 0.633 bits per heavy atom. The second kappa shape index (κ2) is 5.99. The predicted molar refractivity (Wildman–Crippen MR) is 127 cm³/mol. The van der Waals surface area contributed by atoms with Crippen molar-refractivity contribution in [2.24, 2.45) is 0 Å². The van der Waals surface area contributed by atoms with Crippen LogP contribution in [0.4, 0.5) is 0 Å². The number of hydrogen-bond acceptors (Lipinski definition) is 1. The van der Waals surface area contributed by atoms with Crippen LogP contribution in [0.2, 0.25) is 0 Å². The van der Waals surface area contributed by atoms with Gasteiger partial charge < -0.3 is 9.40 Å². The van der Waals surface area contributed by atoms with Gasteiger partial charge in [-0.2, -0.15) is 0 Å². The third-order valence-corrected chi connectivity index (χ3v) is 6.15. The second-order valence-corrected chi connectivity index (χ2v) is 9.15. The minimum absolute atomic E-state index is 0.0243. The van der Waals surface area contributed by atoms with Crippen molar-refractivity contribution < 1.29 is 4.42 Å². The van der Waals surface area contributed by atoms with Crippen LogP contribution in [-0.4, -0.2) is 4.98 Å². The van der Waals surface area contributed by atoms with Gasteiger partial charge in [0.25, 0.3) is 0 Å². The van der Waals surface area contributed by atoms with Crippen molar-refractivity contribution >= 4 is 43.7 Å². The number of aromatic nitrogens is 1. The molecule has 0 radical (unpaired) electrons. The number of H-pyrrole nitrogens is 1. The summed E-state index contributed by atoms with van der Waals surface area (Å²) in [5, 5.41) is 4.85. The van der Waals surface area contributed by atoms with Gasteiger partial charge in [-0.3, -0.25) is 0 Å². The Kier molecular flexibility index (Phi) is 3.47. The summed E-state index contributed by atoms with van der Waals surface area (Å²) in [6.45, 7) is 6.71. The number of hydrogen-bond donors (Lipinski definition) is 1. The van der Waals surface area contributed by atoms with E-state index in [1.807, 2.05) is 0 Å². The van der Waals surface area contributed by atoms with Gasteiger partial charge in [0.2, 0.25) is 0 Å². The molecule has 0 aliphatic heterocycles. The van der Waals surface area contributed by atoms with Crippen molar-refractivity contribution in [1.82, 2.24) is 4.98 Å². The van der Waals surface area contributed by atoms with Crippen molar-refractivity contribution in [1.29, 1.82) is 0 Å². The van der Waals surface area contributed by atoms with Crippen molar-refractivity contribution in [2.75, 3.05) is 0 Å². The third-order valence-electron chi connectivity index (χ3n) is 6.15. The number of benzene rings is 4. The van der Waals surface area contributed by atoms with Gasteiger partial charge >= 0.3 is 0 Å². The summed E-state index contributed by atoms with van der Waals surface area (Å²) in [7, 11) is 0. The molecule has 0 atom stereocenters. The molecule has 1 N–H and O–H groups in total. The Morgan fingerprint density at radius 3 is 2.17 bits per heavy atom. The summed E-state index contributed by atoms with van der Waals surface area (Å²) in [5.74, 6) is 0. The van der Waals surface area contributed by atoms with Crippen molar-refractivity contribution in [3.63, 3.8) is 0 Å². The van der Waals surface area contributed by atoms with Gasteiger partial charge in [0.15, 0.2) is 0 Å². The van der Waals surface area contributed by atoms with Gasteiger partial charge in [-0.1, -0.05) is 81.4 Å². The first-order valence-electron chi connectivity index (χ1n) is 10.5. The first kappa shape index (κ1) is 17.3. The largest absolute Gasteiger partial charge is 0.455 e. The summed E-state index contributed by atoms with van der Waals surface area (Å²) >= 11 is 0. The standard InChI is InChI=1S/C28H23NO/c1-28(2,3)23-12-7-11-21-20-10-6-9-18(26(20)30-27(21)23)17-14-15-25-22(16-17)19-8-4-5-13-24(19)29-25/h4-16,29H,1-3H3. The SMILES string of the molecule is CC(C)(C)c1cccc2c1oc1c(-c3ccc4[nH]c5ccccc5c4c3)cccc12. The molecule has 0 spiro atoms. The van der Waals surface area contributed by atoms with Gasteiger partial charge in [-0.05, 0) is 29.2 Å². The Morgan fingerprint density at radius 2 is 1.33 bits per heavy atom. The lowest BCUT2D eigenvalue weighted by Gasteiger charge is -2.18. The Balaban J connectivity index is 1.66. The van der Waals surface area contributed by atoms with Crippen LogP contribution in [0.1, 0.15) is 26.3 Å². The van der Waals surface area contributed by atoms with Crippen LogP contribution >= 0.6 is 0 Å². The van der Waals surface area contributed by atoms with Crippen LogP contribution in [0, 0.1) is 0 Å². The minimum Gasteiger partial charge on any atom is -0.455 e. The zero-order valence-electron chi connectivity index (χ0n) is 17.4. The van der Waals surface area contributed by atoms with E-state index in [9.17, 15) is 0 Å². The molecule has 2 heteroatoms. The van der Waals surface area contributed by atoms with Crippen molar-refractivity contribution in [3.05, 3.63) is 84.4 Å². The summed E-state index contributed by atoms with van der Waals surface area (Å²) in [6.07, 6.45) is 0. The number of para-hydroxylation sites is 3. The van der Waals surface area contributed by atoms with Crippen LogP contribution in [0.5, 0.6) is 0 Å². The number of furan rings is 1. The van der Waals surface area contributed by atoms with E-state index in [0.29, 0.717) is 0 Å². The maximum absolute atomic E-state index is 6.57. The van der Waals surface area contributed by atoms with E-state index in [2.05, 4.69) is 105 Å². The highest BCUT2D eigenvalue weighted by molar-refractivity contribution is 6.12. The topological polar surface area (TPSA) is 28.9 Å². The highest BCUT2D eigenvalue weighted by Crippen LogP contribution is 2.40.